The lowest BCUT2D eigenvalue weighted by molar-refractivity contribution is -0.145. The molecule has 4 rings (SSSR count). The molecule has 3 aromatic carbocycles. The summed E-state index contributed by atoms with van der Waals surface area (Å²) in [6.45, 7) is 1.97. The van der Waals surface area contributed by atoms with Crippen LogP contribution in [0.3, 0.4) is 0 Å². The van der Waals surface area contributed by atoms with Gasteiger partial charge in [0.15, 0.2) is 0 Å². The number of carbonyl (C=O) groups excluding carboxylic acids is 2. The monoisotopic (exact) mass is 355 g/mol. The second kappa shape index (κ2) is 6.92. The van der Waals surface area contributed by atoms with Crippen molar-refractivity contribution in [2.45, 2.75) is 6.92 Å². The number of aryl methyl sites for hydroxylation is 1. The predicted molar refractivity (Wildman–Crippen MR) is 104 cm³/mol. The van der Waals surface area contributed by atoms with Gasteiger partial charge >= 0.3 is 11.9 Å². The summed E-state index contributed by atoms with van der Waals surface area (Å²) < 4.78 is 5.46. The fraction of sp³-hybridized carbons (Fsp3) is 0.0435. The van der Waals surface area contributed by atoms with Gasteiger partial charge in [-0.25, -0.2) is 9.69 Å². The van der Waals surface area contributed by atoms with E-state index in [0.717, 1.165) is 16.7 Å². The Morgan fingerprint density at radius 3 is 1.78 bits per heavy atom. The van der Waals surface area contributed by atoms with E-state index < -0.39 is 11.9 Å². The molecule has 132 valence electrons. The van der Waals surface area contributed by atoms with E-state index in [2.05, 4.69) is 0 Å². The molecule has 3 aromatic rings. The van der Waals surface area contributed by atoms with E-state index in [1.165, 1.54) is 4.90 Å². The Labute approximate surface area is 157 Å². The molecule has 1 amide bonds. The van der Waals surface area contributed by atoms with Gasteiger partial charge in [0.2, 0.25) is 5.88 Å². The molecule has 1 heterocycles. The lowest BCUT2D eigenvalue weighted by Crippen LogP contribution is -2.26. The third kappa shape index (κ3) is 3.13. The first-order valence-electron chi connectivity index (χ1n) is 8.63. The van der Waals surface area contributed by atoms with Gasteiger partial charge in [0.25, 0.3) is 0 Å². The van der Waals surface area contributed by atoms with Crippen LogP contribution in [-0.2, 0) is 14.3 Å². The number of rotatable bonds is 3. The largest absolute Gasteiger partial charge is 0.404 e. The molecule has 0 radical (unpaired) electrons. The molecule has 0 bridgehead atoms. The van der Waals surface area contributed by atoms with Crippen molar-refractivity contribution < 1.29 is 14.3 Å². The van der Waals surface area contributed by atoms with Gasteiger partial charge < -0.3 is 4.74 Å². The fourth-order valence-corrected chi connectivity index (χ4v) is 3.08. The molecular weight excluding hydrogens is 338 g/mol. The molecule has 1 aliphatic heterocycles. The molecule has 0 N–H and O–H groups in total. The molecule has 0 saturated carbocycles. The Bertz CT molecular complexity index is 981. The Morgan fingerprint density at radius 2 is 1.26 bits per heavy atom. The second-order valence-corrected chi connectivity index (χ2v) is 6.28. The minimum absolute atomic E-state index is 0.228. The fourth-order valence-electron chi connectivity index (χ4n) is 3.08. The summed E-state index contributed by atoms with van der Waals surface area (Å²) in [5, 5.41) is 0. The van der Waals surface area contributed by atoms with Crippen LogP contribution in [0.4, 0.5) is 5.69 Å². The number of anilines is 1. The van der Waals surface area contributed by atoms with Crippen LogP contribution < -0.4 is 4.90 Å². The molecule has 0 aliphatic carbocycles. The van der Waals surface area contributed by atoms with Crippen molar-refractivity contribution in [1.82, 2.24) is 0 Å². The van der Waals surface area contributed by atoms with Crippen LogP contribution in [0.25, 0.3) is 5.57 Å². The van der Waals surface area contributed by atoms with Gasteiger partial charge in [-0.05, 0) is 30.2 Å². The van der Waals surface area contributed by atoms with Crippen molar-refractivity contribution in [3.63, 3.8) is 0 Å². The Hall–Kier alpha value is -3.66. The number of esters is 1. The zero-order valence-corrected chi connectivity index (χ0v) is 14.8. The third-order valence-corrected chi connectivity index (χ3v) is 4.40. The van der Waals surface area contributed by atoms with E-state index in [9.17, 15) is 9.59 Å². The summed E-state index contributed by atoms with van der Waals surface area (Å²) in [6.07, 6.45) is 0. The van der Waals surface area contributed by atoms with Crippen molar-refractivity contribution in [1.29, 1.82) is 0 Å². The van der Waals surface area contributed by atoms with E-state index in [0.29, 0.717) is 11.3 Å². The number of amides is 1. The van der Waals surface area contributed by atoms with E-state index in [4.69, 9.17) is 4.74 Å². The average molecular weight is 355 g/mol. The zero-order chi connectivity index (χ0) is 18.8. The predicted octanol–water partition coefficient (Wildman–Crippen LogP) is 4.30. The highest BCUT2D eigenvalue weighted by Crippen LogP contribution is 2.35. The number of carbonyl (C=O) groups is 2. The lowest BCUT2D eigenvalue weighted by Gasteiger charge is -2.19. The molecule has 27 heavy (non-hydrogen) atoms. The highest BCUT2D eigenvalue weighted by molar-refractivity contribution is 6.42. The lowest BCUT2D eigenvalue weighted by atomic mass is 9.98. The Kier molecular flexibility index (Phi) is 4.30. The summed E-state index contributed by atoms with van der Waals surface area (Å²) in [7, 11) is 0. The molecule has 0 spiro atoms. The van der Waals surface area contributed by atoms with Crippen LogP contribution in [0.15, 0.2) is 90.8 Å². The van der Waals surface area contributed by atoms with Crippen LogP contribution in [0, 0.1) is 6.92 Å². The number of hydrogen-bond acceptors (Lipinski definition) is 3. The topological polar surface area (TPSA) is 46.6 Å². The Morgan fingerprint density at radius 1 is 0.741 bits per heavy atom. The van der Waals surface area contributed by atoms with Gasteiger partial charge in [-0.3, -0.25) is 4.79 Å². The summed E-state index contributed by atoms with van der Waals surface area (Å²) in [5.41, 5.74) is 4.07. The summed E-state index contributed by atoms with van der Waals surface area (Å²) in [4.78, 5) is 26.1. The van der Waals surface area contributed by atoms with Crippen LogP contribution in [0.2, 0.25) is 0 Å². The SMILES string of the molecule is Cc1ccc(N2C(=O)C(=O)OC2=C(c2ccccc2)c2ccccc2)cc1. The van der Waals surface area contributed by atoms with Crippen LogP contribution in [0.1, 0.15) is 16.7 Å². The number of nitrogens with zero attached hydrogens (tertiary/aromatic N) is 1. The molecule has 0 atom stereocenters. The van der Waals surface area contributed by atoms with Crippen LogP contribution >= 0.6 is 0 Å². The third-order valence-electron chi connectivity index (χ3n) is 4.40. The highest BCUT2D eigenvalue weighted by atomic mass is 16.6. The second-order valence-electron chi connectivity index (χ2n) is 6.28. The first-order valence-corrected chi connectivity index (χ1v) is 8.63. The number of benzene rings is 3. The van der Waals surface area contributed by atoms with Crippen LogP contribution in [-0.4, -0.2) is 11.9 Å². The van der Waals surface area contributed by atoms with Gasteiger partial charge in [-0.2, -0.15) is 0 Å². The average Bonchev–Trinajstić information content (AvgIpc) is 2.99. The molecule has 1 aliphatic rings. The van der Waals surface area contributed by atoms with Crippen molar-refractivity contribution in [2.75, 3.05) is 4.90 Å². The van der Waals surface area contributed by atoms with Gasteiger partial charge in [-0.1, -0.05) is 78.4 Å². The van der Waals surface area contributed by atoms with Crippen molar-refractivity contribution in [3.8, 4) is 0 Å². The molecule has 0 unspecified atom stereocenters. The summed E-state index contributed by atoms with van der Waals surface area (Å²) in [5.74, 6) is -1.35. The van der Waals surface area contributed by atoms with Gasteiger partial charge in [-0.15, -0.1) is 0 Å². The first kappa shape index (κ1) is 16.8. The van der Waals surface area contributed by atoms with E-state index in [1.807, 2.05) is 91.9 Å². The molecule has 1 fully saturated rings. The van der Waals surface area contributed by atoms with Crippen molar-refractivity contribution in [3.05, 3.63) is 108 Å². The smallest absolute Gasteiger partial charge is 0.401 e. The first-order chi connectivity index (χ1) is 13.1. The highest BCUT2D eigenvalue weighted by Gasteiger charge is 2.40. The minimum Gasteiger partial charge on any atom is -0.401 e. The summed E-state index contributed by atoms with van der Waals surface area (Å²) >= 11 is 0. The Balaban J connectivity index is 1.97. The maximum atomic E-state index is 12.6. The van der Waals surface area contributed by atoms with Gasteiger partial charge in [0.05, 0.1) is 11.3 Å². The zero-order valence-electron chi connectivity index (χ0n) is 14.8. The molecule has 4 nitrogen and oxygen atoms in total. The number of hydrogen-bond donors (Lipinski definition) is 0. The number of cyclic esters (lactones) is 1. The molecule has 4 heteroatoms. The van der Waals surface area contributed by atoms with Gasteiger partial charge in [0, 0.05) is 0 Å². The van der Waals surface area contributed by atoms with E-state index in [-0.39, 0.29) is 5.88 Å². The van der Waals surface area contributed by atoms with Crippen LogP contribution in [0.5, 0.6) is 0 Å². The minimum atomic E-state index is -0.880. The maximum Gasteiger partial charge on any atom is 0.404 e. The molecule has 1 saturated heterocycles. The summed E-state index contributed by atoms with van der Waals surface area (Å²) in [6, 6.07) is 26.6. The number of ether oxygens (including phenoxy) is 1. The normalized spacial score (nSPS) is 13.7. The van der Waals surface area contributed by atoms with Gasteiger partial charge in [0.1, 0.15) is 0 Å². The van der Waals surface area contributed by atoms with Crippen molar-refractivity contribution >= 4 is 23.1 Å². The standard InChI is InChI=1S/C23H17NO3/c1-16-12-14-19(15-13-16)24-21(25)23(26)27-22(24)20(17-8-4-2-5-9-17)18-10-6-3-7-11-18/h2-15H,1H3. The maximum absolute atomic E-state index is 12.6. The van der Waals surface area contributed by atoms with E-state index >= 15 is 0 Å². The quantitative estimate of drug-likeness (QED) is 0.520. The van der Waals surface area contributed by atoms with Crippen molar-refractivity contribution in [2.24, 2.45) is 0 Å². The molecule has 0 aromatic heterocycles. The van der Waals surface area contributed by atoms with E-state index in [1.54, 1.807) is 0 Å². The molecular formula is C23H17NO3.